The van der Waals surface area contributed by atoms with Crippen molar-refractivity contribution in [1.82, 2.24) is 10.6 Å². The minimum Gasteiger partial charge on any atom is -0.371 e. The Morgan fingerprint density at radius 3 is 2.57 bits per heavy atom. The summed E-state index contributed by atoms with van der Waals surface area (Å²) in [5.41, 5.74) is 0.350. The van der Waals surface area contributed by atoms with Gasteiger partial charge in [0.15, 0.2) is 0 Å². The second-order valence-corrected chi connectivity index (χ2v) is 6.00. The fraction of sp³-hybridized carbons (Fsp3) is 0.533. The van der Waals surface area contributed by atoms with Gasteiger partial charge in [-0.05, 0) is 31.7 Å². The number of nitrogens with one attached hydrogen (secondary N) is 3. The molecule has 1 aromatic carbocycles. The Kier molecular flexibility index (Phi) is 5.79. The summed E-state index contributed by atoms with van der Waals surface area (Å²) in [6.07, 6.45) is 4.30. The van der Waals surface area contributed by atoms with E-state index in [2.05, 4.69) is 16.0 Å². The van der Waals surface area contributed by atoms with E-state index in [0.717, 1.165) is 12.8 Å². The summed E-state index contributed by atoms with van der Waals surface area (Å²) in [4.78, 5) is 22.5. The molecule has 2 aliphatic rings. The van der Waals surface area contributed by atoms with Gasteiger partial charge in [0.25, 0.3) is 5.69 Å². The first-order valence-corrected chi connectivity index (χ1v) is 7.64. The van der Waals surface area contributed by atoms with E-state index in [9.17, 15) is 14.9 Å². The molecule has 23 heavy (non-hydrogen) atoms. The van der Waals surface area contributed by atoms with Crippen LogP contribution in [0, 0.1) is 10.1 Å². The molecular weight excluding hydrogens is 320 g/mol. The molecule has 8 heteroatoms. The first-order chi connectivity index (χ1) is 10.6. The van der Waals surface area contributed by atoms with Crippen LogP contribution in [-0.4, -0.2) is 35.5 Å². The lowest BCUT2D eigenvalue weighted by Crippen LogP contribution is -2.49. The number of piperidine rings is 1. The number of carbonyl (C=O) groups excluding carboxylic acids is 1. The van der Waals surface area contributed by atoms with Crippen LogP contribution in [-0.2, 0) is 4.79 Å². The van der Waals surface area contributed by atoms with Crippen LogP contribution in [0.3, 0.4) is 0 Å². The summed E-state index contributed by atoms with van der Waals surface area (Å²) >= 11 is 0. The van der Waals surface area contributed by atoms with Gasteiger partial charge in [-0.2, -0.15) is 0 Å². The number of rotatable bonds is 5. The second-order valence-electron chi connectivity index (χ2n) is 6.00. The second kappa shape index (κ2) is 7.61. The maximum atomic E-state index is 12.0. The molecule has 2 bridgehead atoms. The molecule has 2 aliphatic heterocycles. The molecule has 3 rings (SSSR count). The number of hydrogen-bond donors (Lipinski definition) is 3. The Hall–Kier alpha value is -1.86. The van der Waals surface area contributed by atoms with Gasteiger partial charge in [-0.15, -0.1) is 12.4 Å². The molecule has 3 N–H and O–H groups in total. The molecule has 0 radical (unpaired) electrons. The first-order valence-electron chi connectivity index (χ1n) is 7.64. The van der Waals surface area contributed by atoms with E-state index in [-0.39, 0.29) is 36.6 Å². The zero-order valence-corrected chi connectivity index (χ0v) is 13.5. The molecule has 0 saturated carbocycles. The lowest BCUT2D eigenvalue weighted by molar-refractivity contribution is -0.383. The van der Waals surface area contributed by atoms with Gasteiger partial charge in [0.05, 0.1) is 11.5 Å². The first kappa shape index (κ1) is 17.5. The van der Waals surface area contributed by atoms with Crippen molar-refractivity contribution in [2.45, 2.75) is 43.8 Å². The van der Waals surface area contributed by atoms with Gasteiger partial charge in [-0.3, -0.25) is 14.9 Å². The zero-order chi connectivity index (χ0) is 15.5. The van der Waals surface area contributed by atoms with Gasteiger partial charge >= 0.3 is 0 Å². The van der Waals surface area contributed by atoms with E-state index in [1.54, 1.807) is 18.2 Å². The number of para-hydroxylation sites is 2. The molecule has 2 fully saturated rings. The normalized spacial score (nSPS) is 25.3. The third-order valence-electron chi connectivity index (χ3n) is 4.38. The van der Waals surface area contributed by atoms with Gasteiger partial charge in [0.1, 0.15) is 5.69 Å². The molecule has 2 heterocycles. The van der Waals surface area contributed by atoms with E-state index in [1.807, 2.05) is 0 Å². The zero-order valence-electron chi connectivity index (χ0n) is 12.7. The molecule has 0 spiro atoms. The number of hydrogen-bond acceptors (Lipinski definition) is 5. The molecule has 0 aromatic heterocycles. The molecule has 7 nitrogen and oxygen atoms in total. The number of nitro benzene ring substituents is 1. The molecule has 1 aromatic rings. The molecule has 2 unspecified atom stereocenters. The predicted octanol–water partition coefficient (Wildman–Crippen LogP) is 1.83. The summed E-state index contributed by atoms with van der Waals surface area (Å²) in [5.74, 6) is -0.121. The molecule has 2 atom stereocenters. The number of halogens is 1. The van der Waals surface area contributed by atoms with Crippen LogP contribution >= 0.6 is 12.4 Å². The van der Waals surface area contributed by atoms with Gasteiger partial charge in [0, 0.05) is 24.2 Å². The Balaban J connectivity index is 0.00000192. The van der Waals surface area contributed by atoms with Crippen molar-refractivity contribution in [2.75, 3.05) is 11.9 Å². The smallest absolute Gasteiger partial charge is 0.292 e. The molecular formula is C15H21ClN4O3. The highest BCUT2D eigenvalue weighted by atomic mass is 35.5. The average molecular weight is 341 g/mol. The van der Waals surface area contributed by atoms with Gasteiger partial charge in [0.2, 0.25) is 5.91 Å². The highest BCUT2D eigenvalue weighted by Crippen LogP contribution is 2.27. The maximum Gasteiger partial charge on any atom is 0.292 e. The molecule has 126 valence electrons. The topological polar surface area (TPSA) is 96.3 Å². The lowest BCUT2D eigenvalue weighted by atomic mass is 10.00. The van der Waals surface area contributed by atoms with Crippen LogP contribution in [0.5, 0.6) is 0 Å². The number of benzene rings is 1. The summed E-state index contributed by atoms with van der Waals surface area (Å²) in [6.45, 7) is 0.0457. The van der Waals surface area contributed by atoms with E-state index >= 15 is 0 Å². The lowest BCUT2D eigenvalue weighted by Gasteiger charge is -2.29. The van der Waals surface area contributed by atoms with E-state index in [1.165, 1.54) is 18.9 Å². The summed E-state index contributed by atoms with van der Waals surface area (Å²) < 4.78 is 0. The van der Waals surface area contributed by atoms with Crippen molar-refractivity contribution < 1.29 is 9.72 Å². The number of nitro groups is 1. The van der Waals surface area contributed by atoms with Crippen molar-refractivity contribution in [3.05, 3.63) is 34.4 Å². The van der Waals surface area contributed by atoms with Crippen molar-refractivity contribution in [2.24, 2.45) is 0 Å². The fourth-order valence-corrected chi connectivity index (χ4v) is 3.41. The van der Waals surface area contributed by atoms with Crippen LogP contribution in [0.4, 0.5) is 11.4 Å². The number of anilines is 1. The van der Waals surface area contributed by atoms with Gasteiger partial charge < -0.3 is 16.0 Å². The van der Waals surface area contributed by atoms with Crippen LogP contribution in [0.25, 0.3) is 0 Å². The summed E-state index contributed by atoms with van der Waals surface area (Å²) in [5, 5.41) is 20.3. The molecule has 2 saturated heterocycles. The highest BCUT2D eigenvalue weighted by molar-refractivity contribution is 5.85. The SMILES string of the molecule is Cl.O=C(CNc1ccccc1[N+](=O)[O-])NC1CC2CCC(C1)N2. The number of amides is 1. The third-order valence-corrected chi connectivity index (χ3v) is 4.38. The van der Waals surface area contributed by atoms with E-state index < -0.39 is 4.92 Å². The van der Waals surface area contributed by atoms with Gasteiger partial charge in [-0.25, -0.2) is 0 Å². The number of carbonyl (C=O) groups is 1. The van der Waals surface area contributed by atoms with Crippen molar-refractivity contribution in [3.63, 3.8) is 0 Å². The van der Waals surface area contributed by atoms with Crippen LogP contribution in [0.2, 0.25) is 0 Å². The molecule has 1 amide bonds. The Bertz CT molecular complexity index is 572. The quantitative estimate of drug-likeness (QED) is 0.561. The Morgan fingerprint density at radius 1 is 1.26 bits per heavy atom. The maximum absolute atomic E-state index is 12.0. The van der Waals surface area contributed by atoms with E-state index in [4.69, 9.17) is 0 Å². The minimum atomic E-state index is -0.454. The van der Waals surface area contributed by atoms with Crippen LogP contribution < -0.4 is 16.0 Å². The number of fused-ring (bicyclic) bond motifs is 2. The van der Waals surface area contributed by atoms with Crippen molar-refractivity contribution in [3.8, 4) is 0 Å². The molecule has 0 aliphatic carbocycles. The Morgan fingerprint density at radius 2 is 1.91 bits per heavy atom. The van der Waals surface area contributed by atoms with Crippen molar-refractivity contribution in [1.29, 1.82) is 0 Å². The van der Waals surface area contributed by atoms with E-state index in [0.29, 0.717) is 17.8 Å². The monoisotopic (exact) mass is 340 g/mol. The summed E-state index contributed by atoms with van der Waals surface area (Å²) in [7, 11) is 0. The predicted molar refractivity (Wildman–Crippen MR) is 89.9 cm³/mol. The largest absolute Gasteiger partial charge is 0.371 e. The van der Waals surface area contributed by atoms with Crippen LogP contribution in [0.1, 0.15) is 25.7 Å². The summed E-state index contributed by atoms with van der Waals surface area (Å²) in [6, 6.07) is 7.59. The minimum absolute atomic E-state index is 0. The van der Waals surface area contributed by atoms with Crippen LogP contribution in [0.15, 0.2) is 24.3 Å². The third kappa shape index (κ3) is 4.33. The fourth-order valence-electron chi connectivity index (χ4n) is 3.41. The van der Waals surface area contributed by atoms with Crippen molar-refractivity contribution >= 4 is 29.7 Å². The Labute approximate surface area is 140 Å². The highest BCUT2D eigenvalue weighted by Gasteiger charge is 2.33. The average Bonchev–Trinajstić information content (AvgIpc) is 2.84. The standard InChI is InChI=1S/C15H20N4O3.ClH/c20-15(18-12-7-10-5-6-11(8-12)17-10)9-16-13-3-1-2-4-14(13)19(21)22;/h1-4,10-12,16-17H,5-9H2,(H,18,20);1H. The van der Waals surface area contributed by atoms with Gasteiger partial charge in [-0.1, -0.05) is 12.1 Å². The number of nitrogens with zero attached hydrogens (tertiary/aromatic N) is 1.